The van der Waals surface area contributed by atoms with Gasteiger partial charge < -0.3 is 5.32 Å². The molecule has 1 amide bonds. The molecule has 1 fully saturated rings. The van der Waals surface area contributed by atoms with E-state index < -0.39 is 0 Å². The topological polar surface area (TPSA) is 29.1 Å². The van der Waals surface area contributed by atoms with Crippen molar-refractivity contribution in [3.05, 3.63) is 12.3 Å². The lowest BCUT2D eigenvalue weighted by Crippen LogP contribution is -2.37. The minimum absolute atomic E-state index is 0.149. The molecule has 0 aromatic heterocycles. The molecule has 11 heavy (non-hydrogen) atoms. The van der Waals surface area contributed by atoms with Gasteiger partial charge in [0.05, 0.1) is 0 Å². The van der Waals surface area contributed by atoms with E-state index >= 15 is 0 Å². The highest BCUT2D eigenvalue weighted by Crippen LogP contribution is 2.23. The average Bonchev–Trinajstić information content (AvgIpc) is 1.85. The molecule has 1 N–H and O–H groups in total. The SMILES string of the molecule is C=C1CC[C@H](C(C)C)C(=O)N1. The number of rotatable bonds is 1. The van der Waals surface area contributed by atoms with Gasteiger partial charge in [-0.15, -0.1) is 0 Å². The zero-order valence-electron chi connectivity index (χ0n) is 7.18. The van der Waals surface area contributed by atoms with Crippen LogP contribution in [0.15, 0.2) is 12.3 Å². The Morgan fingerprint density at radius 3 is 2.73 bits per heavy atom. The summed E-state index contributed by atoms with van der Waals surface area (Å²) in [7, 11) is 0. The van der Waals surface area contributed by atoms with E-state index in [2.05, 4.69) is 25.7 Å². The Morgan fingerprint density at radius 1 is 1.64 bits per heavy atom. The first-order valence-electron chi connectivity index (χ1n) is 4.10. The van der Waals surface area contributed by atoms with Crippen LogP contribution < -0.4 is 5.32 Å². The van der Waals surface area contributed by atoms with Crippen LogP contribution in [0.4, 0.5) is 0 Å². The van der Waals surface area contributed by atoms with E-state index in [0.29, 0.717) is 5.92 Å². The summed E-state index contributed by atoms with van der Waals surface area (Å²) in [5.41, 5.74) is 0.868. The van der Waals surface area contributed by atoms with Crippen molar-refractivity contribution in [3.8, 4) is 0 Å². The van der Waals surface area contributed by atoms with E-state index in [1.165, 1.54) is 0 Å². The van der Waals surface area contributed by atoms with Gasteiger partial charge in [0, 0.05) is 11.6 Å². The van der Waals surface area contributed by atoms with Crippen molar-refractivity contribution < 1.29 is 4.79 Å². The highest BCUT2D eigenvalue weighted by Gasteiger charge is 2.25. The van der Waals surface area contributed by atoms with Crippen LogP contribution in [0.1, 0.15) is 26.7 Å². The van der Waals surface area contributed by atoms with Crippen molar-refractivity contribution >= 4 is 5.91 Å². The third kappa shape index (κ3) is 1.82. The molecular weight excluding hydrogens is 138 g/mol. The van der Waals surface area contributed by atoms with Gasteiger partial charge in [-0.05, 0) is 18.8 Å². The Labute approximate surface area is 67.7 Å². The molecule has 0 bridgehead atoms. The molecular formula is C9H15NO. The Bertz CT molecular complexity index is 184. The molecule has 0 aromatic rings. The van der Waals surface area contributed by atoms with Gasteiger partial charge in [0.15, 0.2) is 0 Å². The van der Waals surface area contributed by atoms with Crippen LogP contribution in [0.5, 0.6) is 0 Å². The Morgan fingerprint density at radius 2 is 2.27 bits per heavy atom. The zero-order valence-corrected chi connectivity index (χ0v) is 7.18. The number of amides is 1. The van der Waals surface area contributed by atoms with Gasteiger partial charge >= 0.3 is 0 Å². The van der Waals surface area contributed by atoms with Crippen LogP contribution in [0.2, 0.25) is 0 Å². The quantitative estimate of drug-likeness (QED) is 0.610. The number of piperidine rings is 1. The Balaban J connectivity index is 2.57. The molecule has 1 aliphatic heterocycles. The van der Waals surface area contributed by atoms with Gasteiger partial charge in [0.1, 0.15) is 0 Å². The van der Waals surface area contributed by atoms with Gasteiger partial charge in [-0.2, -0.15) is 0 Å². The first-order chi connectivity index (χ1) is 5.11. The standard InChI is InChI=1S/C9H15NO/c1-6(2)8-5-4-7(3)10-9(8)11/h6,8H,3-5H2,1-2H3,(H,10,11)/t8-/m1/s1. The van der Waals surface area contributed by atoms with Crippen LogP contribution in [-0.2, 0) is 4.79 Å². The average molecular weight is 153 g/mol. The van der Waals surface area contributed by atoms with E-state index in [1.807, 2.05) is 0 Å². The minimum Gasteiger partial charge on any atom is -0.330 e. The molecule has 0 radical (unpaired) electrons. The summed E-state index contributed by atoms with van der Waals surface area (Å²) in [6.45, 7) is 7.89. The second-order valence-electron chi connectivity index (χ2n) is 3.48. The molecule has 0 unspecified atom stereocenters. The van der Waals surface area contributed by atoms with E-state index in [4.69, 9.17) is 0 Å². The van der Waals surface area contributed by atoms with E-state index in [0.717, 1.165) is 18.5 Å². The lowest BCUT2D eigenvalue weighted by molar-refractivity contribution is -0.126. The zero-order chi connectivity index (χ0) is 8.43. The summed E-state index contributed by atoms with van der Waals surface area (Å²) in [5, 5.41) is 2.78. The van der Waals surface area contributed by atoms with Gasteiger partial charge in [0.2, 0.25) is 5.91 Å². The molecule has 0 saturated carbocycles. The van der Waals surface area contributed by atoms with Gasteiger partial charge in [-0.1, -0.05) is 20.4 Å². The number of hydrogen-bond donors (Lipinski definition) is 1. The maximum atomic E-state index is 11.3. The Kier molecular flexibility index (Phi) is 2.32. The predicted molar refractivity (Wildman–Crippen MR) is 44.8 cm³/mol. The van der Waals surface area contributed by atoms with Crippen molar-refractivity contribution in [2.45, 2.75) is 26.7 Å². The van der Waals surface area contributed by atoms with E-state index in [9.17, 15) is 4.79 Å². The molecule has 2 nitrogen and oxygen atoms in total. The van der Waals surface area contributed by atoms with E-state index in [1.54, 1.807) is 0 Å². The number of nitrogens with one attached hydrogen (secondary N) is 1. The van der Waals surface area contributed by atoms with Crippen LogP contribution in [0.25, 0.3) is 0 Å². The summed E-state index contributed by atoms with van der Waals surface area (Å²) in [4.78, 5) is 11.3. The highest BCUT2D eigenvalue weighted by molar-refractivity contribution is 5.81. The normalized spacial score (nSPS) is 25.5. The lowest BCUT2D eigenvalue weighted by Gasteiger charge is -2.25. The smallest absolute Gasteiger partial charge is 0.227 e. The number of carbonyl (C=O) groups excluding carboxylic acids is 1. The number of carbonyl (C=O) groups is 1. The second-order valence-corrected chi connectivity index (χ2v) is 3.48. The third-order valence-corrected chi connectivity index (χ3v) is 2.20. The largest absolute Gasteiger partial charge is 0.330 e. The molecule has 1 heterocycles. The van der Waals surface area contributed by atoms with Crippen molar-refractivity contribution in [2.75, 3.05) is 0 Å². The number of hydrogen-bond acceptors (Lipinski definition) is 1. The summed E-state index contributed by atoms with van der Waals surface area (Å²) in [6.07, 6.45) is 1.90. The van der Waals surface area contributed by atoms with Crippen LogP contribution in [0, 0.1) is 11.8 Å². The first kappa shape index (κ1) is 8.31. The first-order valence-corrected chi connectivity index (χ1v) is 4.10. The minimum atomic E-state index is 0.149. The molecule has 2 heteroatoms. The summed E-state index contributed by atoms with van der Waals surface area (Å²) in [6, 6.07) is 0. The molecule has 1 rings (SSSR count). The molecule has 0 aromatic carbocycles. The highest BCUT2D eigenvalue weighted by atomic mass is 16.2. The summed E-state index contributed by atoms with van der Waals surface area (Å²) in [5.74, 6) is 0.792. The van der Waals surface area contributed by atoms with Gasteiger partial charge in [-0.3, -0.25) is 4.79 Å². The van der Waals surface area contributed by atoms with Crippen molar-refractivity contribution in [1.29, 1.82) is 0 Å². The monoisotopic (exact) mass is 153 g/mol. The lowest BCUT2D eigenvalue weighted by atomic mass is 9.87. The predicted octanol–water partition coefficient (Wildman–Crippen LogP) is 1.68. The third-order valence-electron chi connectivity index (χ3n) is 2.20. The maximum absolute atomic E-state index is 11.3. The molecule has 1 saturated heterocycles. The van der Waals surface area contributed by atoms with E-state index in [-0.39, 0.29) is 11.8 Å². The Hall–Kier alpha value is -0.790. The fourth-order valence-corrected chi connectivity index (χ4v) is 1.43. The molecule has 1 aliphatic rings. The van der Waals surface area contributed by atoms with Crippen LogP contribution in [0.3, 0.4) is 0 Å². The number of allylic oxidation sites excluding steroid dienone is 1. The van der Waals surface area contributed by atoms with Crippen molar-refractivity contribution in [2.24, 2.45) is 11.8 Å². The maximum Gasteiger partial charge on any atom is 0.227 e. The van der Waals surface area contributed by atoms with Crippen molar-refractivity contribution in [3.63, 3.8) is 0 Å². The fraction of sp³-hybridized carbons (Fsp3) is 0.667. The van der Waals surface area contributed by atoms with Crippen LogP contribution >= 0.6 is 0 Å². The molecule has 0 aliphatic carbocycles. The van der Waals surface area contributed by atoms with Gasteiger partial charge in [-0.25, -0.2) is 0 Å². The molecule has 0 spiro atoms. The molecule has 1 atom stereocenters. The van der Waals surface area contributed by atoms with Crippen molar-refractivity contribution in [1.82, 2.24) is 5.32 Å². The van der Waals surface area contributed by atoms with Crippen LogP contribution in [-0.4, -0.2) is 5.91 Å². The molecule has 62 valence electrons. The summed E-state index contributed by atoms with van der Waals surface area (Å²) < 4.78 is 0. The second kappa shape index (κ2) is 3.07. The summed E-state index contributed by atoms with van der Waals surface area (Å²) >= 11 is 0. The fourth-order valence-electron chi connectivity index (χ4n) is 1.43. The van der Waals surface area contributed by atoms with Gasteiger partial charge in [0.25, 0.3) is 0 Å².